The zero-order valence-electron chi connectivity index (χ0n) is 9.04. The second kappa shape index (κ2) is 5.24. The number of halogens is 1. The molecule has 2 nitrogen and oxygen atoms in total. The molecule has 15 heavy (non-hydrogen) atoms. The van der Waals surface area contributed by atoms with Crippen molar-refractivity contribution in [2.75, 3.05) is 6.54 Å². The molecule has 3 heteroatoms. The summed E-state index contributed by atoms with van der Waals surface area (Å²) in [6.07, 6.45) is 1.91. The summed E-state index contributed by atoms with van der Waals surface area (Å²) in [5, 5.41) is 10.1. The van der Waals surface area contributed by atoms with Gasteiger partial charge in [-0.3, -0.25) is 0 Å². The summed E-state index contributed by atoms with van der Waals surface area (Å²) in [7, 11) is 0. The predicted octanol–water partition coefficient (Wildman–Crippen LogP) is 1.86. The first-order chi connectivity index (χ1) is 7.09. The van der Waals surface area contributed by atoms with Gasteiger partial charge in [0.25, 0.3) is 0 Å². The fourth-order valence-electron chi connectivity index (χ4n) is 1.75. The van der Waals surface area contributed by atoms with E-state index in [1.54, 1.807) is 12.1 Å². The molecule has 0 saturated carbocycles. The van der Waals surface area contributed by atoms with Gasteiger partial charge < -0.3 is 10.8 Å². The molecule has 1 atom stereocenters. The SMILES string of the molecule is CCCC(O)(CN)Cc1cccc(F)c1. The predicted molar refractivity (Wildman–Crippen MR) is 59.0 cm³/mol. The molecule has 1 aromatic rings. The molecule has 0 fully saturated rings. The molecule has 0 aromatic heterocycles. The Morgan fingerprint density at radius 1 is 1.47 bits per heavy atom. The average Bonchev–Trinajstić information content (AvgIpc) is 2.18. The van der Waals surface area contributed by atoms with Crippen LogP contribution in [0.2, 0.25) is 0 Å². The maximum atomic E-state index is 12.9. The minimum Gasteiger partial charge on any atom is -0.388 e. The maximum Gasteiger partial charge on any atom is 0.123 e. The van der Waals surface area contributed by atoms with Gasteiger partial charge in [-0.05, 0) is 24.1 Å². The lowest BCUT2D eigenvalue weighted by molar-refractivity contribution is 0.0398. The highest BCUT2D eigenvalue weighted by Crippen LogP contribution is 2.18. The number of hydrogen-bond donors (Lipinski definition) is 2. The van der Waals surface area contributed by atoms with Gasteiger partial charge in [0.15, 0.2) is 0 Å². The van der Waals surface area contributed by atoms with E-state index in [1.165, 1.54) is 12.1 Å². The van der Waals surface area contributed by atoms with Gasteiger partial charge in [-0.15, -0.1) is 0 Å². The molecular formula is C12H18FNO. The summed E-state index contributed by atoms with van der Waals surface area (Å²) >= 11 is 0. The van der Waals surface area contributed by atoms with E-state index in [0.717, 1.165) is 12.0 Å². The van der Waals surface area contributed by atoms with Crippen LogP contribution in [0.15, 0.2) is 24.3 Å². The molecule has 1 aromatic carbocycles. The summed E-state index contributed by atoms with van der Waals surface area (Å²) in [4.78, 5) is 0. The summed E-state index contributed by atoms with van der Waals surface area (Å²) in [6.45, 7) is 2.20. The molecule has 0 spiro atoms. The Morgan fingerprint density at radius 2 is 2.20 bits per heavy atom. The van der Waals surface area contributed by atoms with Crippen molar-refractivity contribution in [3.05, 3.63) is 35.6 Å². The first-order valence-corrected chi connectivity index (χ1v) is 5.26. The van der Waals surface area contributed by atoms with Gasteiger partial charge in [0, 0.05) is 13.0 Å². The Bertz CT molecular complexity index is 316. The fourth-order valence-corrected chi connectivity index (χ4v) is 1.75. The van der Waals surface area contributed by atoms with E-state index in [2.05, 4.69) is 0 Å². The molecule has 0 aliphatic rings. The number of aliphatic hydroxyl groups is 1. The lowest BCUT2D eigenvalue weighted by atomic mass is 9.90. The Morgan fingerprint density at radius 3 is 2.73 bits per heavy atom. The Hall–Kier alpha value is -0.930. The summed E-state index contributed by atoms with van der Waals surface area (Å²) < 4.78 is 12.9. The number of benzene rings is 1. The minimum absolute atomic E-state index is 0.206. The molecule has 0 aliphatic carbocycles. The molecule has 84 valence electrons. The van der Waals surface area contributed by atoms with Crippen molar-refractivity contribution in [3.63, 3.8) is 0 Å². The normalized spacial score (nSPS) is 14.9. The van der Waals surface area contributed by atoms with Crippen LogP contribution in [0.25, 0.3) is 0 Å². The fraction of sp³-hybridized carbons (Fsp3) is 0.500. The Kier molecular flexibility index (Phi) is 4.24. The van der Waals surface area contributed by atoms with Gasteiger partial charge in [-0.1, -0.05) is 25.5 Å². The molecule has 0 amide bonds. The van der Waals surface area contributed by atoms with Crippen LogP contribution in [0.1, 0.15) is 25.3 Å². The zero-order chi connectivity index (χ0) is 11.3. The van der Waals surface area contributed by atoms with Crippen LogP contribution in [0.3, 0.4) is 0 Å². The van der Waals surface area contributed by atoms with Gasteiger partial charge in [-0.25, -0.2) is 4.39 Å². The smallest absolute Gasteiger partial charge is 0.123 e. The van der Waals surface area contributed by atoms with E-state index in [0.29, 0.717) is 12.8 Å². The van der Waals surface area contributed by atoms with Crippen LogP contribution >= 0.6 is 0 Å². The van der Waals surface area contributed by atoms with Crippen molar-refractivity contribution >= 4 is 0 Å². The molecule has 3 N–H and O–H groups in total. The third-order valence-corrected chi connectivity index (χ3v) is 2.52. The molecular weight excluding hydrogens is 193 g/mol. The van der Waals surface area contributed by atoms with E-state index in [4.69, 9.17) is 5.73 Å². The van der Waals surface area contributed by atoms with Gasteiger partial charge >= 0.3 is 0 Å². The van der Waals surface area contributed by atoms with Crippen molar-refractivity contribution in [3.8, 4) is 0 Å². The highest BCUT2D eigenvalue weighted by atomic mass is 19.1. The molecule has 1 rings (SSSR count). The van der Waals surface area contributed by atoms with Crippen molar-refractivity contribution in [1.29, 1.82) is 0 Å². The van der Waals surface area contributed by atoms with E-state index in [-0.39, 0.29) is 12.4 Å². The van der Waals surface area contributed by atoms with Gasteiger partial charge in [0.05, 0.1) is 5.60 Å². The highest BCUT2D eigenvalue weighted by Gasteiger charge is 2.24. The van der Waals surface area contributed by atoms with Crippen LogP contribution in [0.5, 0.6) is 0 Å². The Balaban J connectivity index is 2.74. The zero-order valence-corrected chi connectivity index (χ0v) is 9.04. The van der Waals surface area contributed by atoms with Crippen molar-refractivity contribution in [1.82, 2.24) is 0 Å². The van der Waals surface area contributed by atoms with Gasteiger partial charge in [0.2, 0.25) is 0 Å². The molecule has 1 unspecified atom stereocenters. The summed E-state index contributed by atoms with van der Waals surface area (Å²) in [5.74, 6) is -0.275. The van der Waals surface area contributed by atoms with Crippen LogP contribution in [-0.2, 0) is 6.42 Å². The van der Waals surface area contributed by atoms with Crippen LogP contribution < -0.4 is 5.73 Å². The van der Waals surface area contributed by atoms with E-state index < -0.39 is 5.60 Å². The van der Waals surface area contributed by atoms with Crippen molar-refractivity contribution in [2.24, 2.45) is 5.73 Å². The highest BCUT2D eigenvalue weighted by molar-refractivity contribution is 5.18. The number of rotatable bonds is 5. The number of nitrogens with two attached hydrogens (primary N) is 1. The summed E-state index contributed by atoms with van der Waals surface area (Å²) in [5.41, 5.74) is 5.42. The Labute approximate surface area is 89.9 Å². The van der Waals surface area contributed by atoms with Gasteiger partial charge in [0.1, 0.15) is 5.82 Å². The third-order valence-electron chi connectivity index (χ3n) is 2.52. The summed E-state index contributed by atoms with van der Waals surface area (Å²) in [6, 6.07) is 6.29. The van der Waals surface area contributed by atoms with Crippen molar-refractivity contribution < 1.29 is 9.50 Å². The van der Waals surface area contributed by atoms with Crippen LogP contribution in [0, 0.1) is 5.82 Å². The van der Waals surface area contributed by atoms with E-state index >= 15 is 0 Å². The van der Waals surface area contributed by atoms with Crippen molar-refractivity contribution in [2.45, 2.75) is 31.8 Å². The lowest BCUT2D eigenvalue weighted by Crippen LogP contribution is -2.39. The molecule has 0 aliphatic heterocycles. The maximum absolute atomic E-state index is 12.9. The minimum atomic E-state index is -0.900. The average molecular weight is 211 g/mol. The first kappa shape index (κ1) is 12.1. The van der Waals surface area contributed by atoms with E-state index in [9.17, 15) is 9.50 Å². The van der Waals surface area contributed by atoms with Crippen LogP contribution in [0.4, 0.5) is 4.39 Å². The lowest BCUT2D eigenvalue weighted by Gasteiger charge is -2.26. The molecule has 0 heterocycles. The number of hydrogen-bond acceptors (Lipinski definition) is 2. The third kappa shape index (κ3) is 3.61. The molecule has 0 radical (unpaired) electrons. The molecule has 0 bridgehead atoms. The second-order valence-electron chi connectivity index (χ2n) is 3.99. The topological polar surface area (TPSA) is 46.2 Å². The largest absolute Gasteiger partial charge is 0.388 e. The van der Waals surface area contributed by atoms with Crippen LogP contribution in [-0.4, -0.2) is 17.3 Å². The second-order valence-corrected chi connectivity index (χ2v) is 3.99. The van der Waals surface area contributed by atoms with Gasteiger partial charge in [-0.2, -0.15) is 0 Å². The quantitative estimate of drug-likeness (QED) is 0.781. The monoisotopic (exact) mass is 211 g/mol. The van der Waals surface area contributed by atoms with E-state index in [1.807, 2.05) is 6.92 Å². The standard InChI is InChI=1S/C12H18FNO/c1-2-6-12(15,9-14)8-10-4-3-5-11(13)7-10/h3-5,7,15H,2,6,8-9,14H2,1H3. The molecule has 0 saturated heterocycles. The first-order valence-electron chi connectivity index (χ1n) is 5.26.